The molecule has 1 N–H and O–H groups in total. The topological polar surface area (TPSA) is 42.8 Å². The van der Waals surface area contributed by atoms with Crippen LogP contribution in [-0.4, -0.2) is 20.4 Å². The Morgan fingerprint density at radius 2 is 1.81 bits per heavy atom. The maximum absolute atomic E-state index is 5.30. The molecule has 0 aromatic heterocycles. The largest absolute Gasteiger partial charge is 0.493 e. The number of hydrogen-bond acceptors (Lipinski definition) is 4. The van der Waals surface area contributed by atoms with Gasteiger partial charge in [-0.2, -0.15) is 5.10 Å². The molecule has 0 saturated heterocycles. The first kappa shape index (κ1) is 15.4. The van der Waals surface area contributed by atoms with Gasteiger partial charge in [0.1, 0.15) is 0 Å². The van der Waals surface area contributed by atoms with Gasteiger partial charge in [0.25, 0.3) is 0 Å². The number of rotatable bonds is 5. The van der Waals surface area contributed by atoms with Gasteiger partial charge < -0.3 is 9.47 Å². The van der Waals surface area contributed by atoms with Gasteiger partial charge in [0.2, 0.25) is 0 Å². The van der Waals surface area contributed by atoms with Gasteiger partial charge in [-0.3, -0.25) is 5.43 Å². The van der Waals surface area contributed by atoms with E-state index in [0.717, 1.165) is 15.7 Å². The average molecular weight is 349 g/mol. The minimum atomic E-state index is 0.656. The highest BCUT2D eigenvalue weighted by atomic mass is 79.9. The molecule has 0 heterocycles. The van der Waals surface area contributed by atoms with Crippen molar-refractivity contribution in [2.24, 2.45) is 5.10 Å². The molecule has 0 spiro atoms. The van der Waals surface area contributed by atoms with Crippen molar-refractivity contribution in [2.75, 3.05) is 19.6 Å². The van der Waals surface area contributed by atoms with E-state index in [9.17, 15) is 0 Å². The highest BCUT2D eigenvalue weighted by Gasteiger charge is 2.09. The van der Waals surface area contributed by atoms with E-state index in [1.807, 2.05) is 43.3 Å². The summed E-state index contributed by atoms with van der Waals surface area (Å²) in [5.41, 5.74) is 6.05. The second kappa shape index (κ2) is 7.13. The number of aryl methyl sites for hydroxylation is 1. The van der Waals surface area contributed by atoms with Gasteiger partial charge in [0.15, 0.2) is 11.5 Å². The molecular formula is C16H17BrN2O2. The van der Waals surface area contributed by atoms with Crippen molar-refractivity contribution in [3.8, 4) is 11.5 Å². The molecule has 4 nitrogen and oxygen atoms in total. The molecule has 0 amide bonds. The Bertz CT molecular complexity index is 639. The van der Waals surface area contributed by atoms with E-state index in [1.165, 1.54) is 5.56 Å². The molecular weight excluding hydrogens is 332 g/mol. The second-order valence-electron chi connectivity index (χ2n) is 4.47. The fourth-order valence-corrected chi connectivity index (χ4v) is 2.44. The number of hydrogen-bond donors (Lipinski definition) is 1. The van der Waals surface area contributed by atoms with Crippen LogP contribution in [0, 0.1) is 6.92 Å². The normalized spacial score (nSPS) is 10.7. The molecule has 5 heteroatoms. The lowest BCUT2D eigenvalue weighted by molar-refractivity contribution is 0.353. The van der Waals surface area contributed by atoms with Crippen molar-refractivity contribution < 1.29 is 9.47 Å². The lowest BCUT2D eigenvalue weighted by Gasteiger charge is -2.10. The highest BCUT2D eigenvalue weighted by molar-refractivity contribution is 9.10. The Labute approximate surface area is 132 Å². The standard InChI is InChI=1S/C16H17BrN2O2/c1-11-4-6-13(7-5-11)19-18-10-12-8-14(17)16(21-3)15(9-12)20-2/h4-10,19H,1-3H3/b18-10+. The van der Waals surface area contributed by atoms with Crippen molar-refractivity contribution in [1.29, 1.82) is 0 Å². The number of benzene rings is 2. The van der Waals surface area contributed by atoms with Crippen molar-refractivity contribution in [2.45, 2.75) is 6.92 Å². The molecule has 21 heavy (non-hydrogen) atoms. The Hall–Kier alpha value is -2.01. The van der Waals surface area contributed by atoms with E-state index >= 15 is 0 Å². The van der Waals surface area contributed by atoms with Crippen molar-refractivity contribution in [3.05, 3.63) is 52.0 Å². The predicted octanol–water partition coefficient (Wildman–Crippen LogP) is 4.22. The van der Waals surface area contributed by atoms with Crippen LogP contribution >= 0.6 is 15.9 Å². The predicted molar refractivity (Wildman–Crippen MR) is 89.6 cm³/mol. The number of methoxy groups -OCH3 is 2. The number of ether oxygens (including phenoxy) is 2. The minimum Gasteiger partial charge on any atom is -0.493 e. The van der Waals surface area contributed by atoms with E-state index in [0.29, 0.717) is 11.5 Å². The molecule has 2 rings (SSSR count). The summed E-state index contributed by atoms with van der Waals surface area (Å²) in [4.78, 5) is 0. The van der Waals surface area contributed by atoms with Crippen LogP contribution in [0.15, 0.2) is 46.0 Å². The third-order valence-electron chi connectivity index (χ3n) is 2.91. The van der Waals surface area contributed by atoms with Gasteiger partial charge in [-0.25, -0.2) is 0 Å². The summed E-state index contributed by atoms with van der Waals surface area (Å²) >= 11 is 3.46. The van der Waals surface area contributed by atoms with E-state index in [2.05, 4.69) is 26.5 Å². The molecule has 0 aliphatic heterocycles. The highest BCUT2D eigenvalue weighted by Crippen LogP contribution is 2.35. The number of anilines is 1. The van der Waals surface area contributed by atoms with Crippen LogP contribution in [0.25, 0.3) is 0 Å². The molecule has 0 aliphatic rings. The molecule has 2 aromatic rings. The van der Waals surface area contributed by atoms with E-state index < -0.39 is 0 Å². The van der Waals surface area contributed by atoms with Gasteiger partial charge in [-0.1, -0.05) is 17.7 Å². The van der Waals surface area contributed by atoms with Crippen LogP contribution in [0.1, 0.15) is 11.1 Å². The summed E-state index contributed by atoms with van der Waals surface area (Å²) in [6.07, 6.45) is 1.73. The third kappa shape index (κ3) is 3.98. The fourth-order valence-electron chi connectivity index (χ4n) is 1.82. The number of hydrazone groups is 1. The molecule has 2 aromatic carbocycles. The lowest BCUT2D eigenvalue weighted by Crippen LogP contribution is -1.95. The Morgan fingerprint density at radius 3 is 2.43 bits per heavy atom. The lowest BCUT2D eigenvalue weighted by atomic mass is 10.2. The monoisotopic (exact) mass is 348 g/mol. The van der Waals surface area contributed by atoms with Gasteiger partial charge in [-0.05, 0) is 52.7 Å². The van der Waals surface area contributed by atoms with Gasteiger partial charge in [0.05, 0.1) is 30.6 Å². The fraction of sp³-hybridized carbons (Fsp3) is 0.188. The van der Waals surface area contributed by atoms with E-state index in [4.69, 9.17) is 9.47 Å². The molecule has 0 saturated carbocycles. The Kier molecular flexibility index (Phi) is 5.22. The van der Waals surface area contributed by atoms with Gasteiger partial charge in [-0.15, -0.1) is 0 Å². The van der Waals surface area contributed by atoms with Crippen LogP contribution in [-0.2, 0) is 0 Å². The third-order valence-corrected chi connectivity index (χ3v) is 3.50. The second-order valence-corrected chi connectivity index (χ2v) is 5.33. The average Bonchev–Trinajstić information content (AvgIpc) is 2.48. The zero-order valence-corrected chi connectivity index (χ0v) is 13.8. The SMILES string of the molecule is COc1cc(/C=N/Nc2ccc(C)cc2)cc(Br)c1OC. The molecule has 0 fully saturated rings. The summed E-state index contributed by atoms with van der Waals surface area (Å²) in [6, 6.07) is 11.8. The number of nitrogens with zero attached hydrogens (tertiary/aromatic N) is 1. The first-order valence-corrected chi connectivity index (χ1v) is 7.20. The Balaban J connectivity index is 2.13. The molecule has 0 radical (unpaired) electrons. The zero-order chi connectivity index (χ0) is 15.2. The smallest absolute Gasteiger partial charge is 0.174 e. The Morgan fingerprint density at radius 1 is 1.10 bits per heavy atom. The summed E-state index contributed by atoms with van der Waals surface area (Å²) < 4.78 is 11.4. The van der Waals surface area contributed by atoms with Gasteiger partial charge >= 0.3 is 0 Å². The van der Waals surface area contributed by atoms with Crippen LogP contribution in [0.3, 0.4) is 0 Å². The first-order valence-electron chi connectivity index (χ1n) is 6.41. The van der Waals surface area contributed by atoms with Crippen LogP contribution in [0.2, 0.25) is 0 Å². The van der Waals surface area contributed by atoms with Crippen molar-refractivity contribution in [3.63, 3.8) is 0 Å². The summed E-state index contributed by atoms with van der Waals surface area (Å²) in [5.74, 6) is 1.32. The summed E-state index contributed by atoms with van der Waals surface area (Å²) in [6.45, 7) is 2.05. The molecule has 0 atom stereocenters. The number of nitrogens with one attached hydrogen (secondary N) is 1. The van der Waals surface area contributed by atoms with Crippen molar-refractivity contribution in [1.82, 2.24) is 0 Å². The summed E-state index contributed by atoms with van der Waals surface area (Å²) in [5, 5.41) is 4.22. The molecule has 110 valence electrons. The van der Waals surface area contributed by atoms with Crippen LogP contribution in [0.4, 0.5) is 5.69 Å². The van der Waals surface area contributed by atoms with Crippen molar-refractivity contribution >= 4 is 27.8 Å². The molecule has 0 aliphatic carbocycles. The zero-order valence-electron chi connectivity index (χ0n) is 12.2. The number of halogens is 1. The van der Waals surface area contributed by atoms with E-state index in [1.54, 1.807) is 20.4 Å². The van der Waals surface area contributed by atoms with Crippen LogP contribution in [0.5, 0.6) is 11.5 Å². The maximum atomic E-state index is 5.30. The van der Waals surface area contributed by atoms with Crippen LogP contribution < -0.4 is 14.9 Å². The van der Waals surface area contributed by atoms with E-state index in [-0.39, 0.29) is 0 Å². The minimum absolute atomic E-state index is 0.656. The van der Waals surface area contributed by atoms with Gasteiger partial charge in [0, 0.05) is 0 Å². The quantitative estimate of drug-likeness (QED) is 0.649. The molecule has 0 bridgehead atoms. The molecule has 0 unspecified atom stereocenters. The first-order chi connectivity index (χ1) is 10.1. The maximum Gasteiger partial charge on any atom is 0.174 e. The summed E-state index contributed by atoms with van der Waals surface area (Å²) in [7, 11) is 3.21.